The minimum Gasteiger partial charge on any atom is -0.493 e. The highest BCUT2D eigenvalue weighted by Crippen LogP contribution is 2.35. The third-order valence-corrected chi connectivity index (χ3v) is 5.40. The molecule has 0 saturated carbocycles. The van der Waals surface area contributed by atoms with Crippen molar-refractivity contribution in [3.05, 3.63) is 63.8 Å². The first-order chi connectivity index (χ1) is 13.1. The van der Waals surface area contributed by atoms with E-state index in [2.05, 4.69) is 38.1 Å². The van der Waals surface area contributed by atoms with E-state index in [1.54, 1.807) is 7.11 Å². The average Bonchev–Trinajstić information content (AvgIpc) is 3.10. The van der Waals surface area contributed by atoms with Crippen molar-refractivity contribution in [1.29, 1.82) is 0 Å². The monoisotopic (exact) mass is 427 g/mol. The zero-order valence-electron chi connectivity index (χ0n) is 15.5. The quantitative estimate of drug-likeness (QED) is 0.654. The van der Waals surface area contributed by atoms with Gasteiger partial charge in [-0.05, 0) is 42.9 Å². The fourth-order valence-electron chi connectivity index (χ4n) is 3.34. The number of fused-ring (bicyclic) bond motifs is 1. The molecule has 4 rings (SSSR count). The molecule has 140 valence electrons. The maximum Gasteiger partial charge on any atom is 0.161 e. The van der Waals surface area contributed by atoms with Crippen molar-refractivity contribution in [3.63, 3.8) is 0 Å². The van der Waals surface area contributed by atoms with Gasteiger partial charge in [-0.3, -0.25) is 5.10 Å². The smallest absolute Gasteiger partial charge is 0.161 e. The molecular formula is C21H22BrN3O2. The number of hydrogen-bond donors (Lipinski definition) is 1. The number of hydrogen-bond acceptors (Lipinski definition) is 4. The first-order valence-corrected chi connectivity index (χ1v) is 9.73. The van der Waals surface area contributed by atoms with Gasteiger partial charge in [0.25, 0.3) is 0 Å². The van der Waals surface area contributed by atoms with Gasteiger partial charge in [0.1, 0.15) is 6.61 Å². The normalized spacial score (nSPS) is 14.0. The van der Waals surface area contributed by atoms with Gasteiger partial charge in [0.2, 0.25) is 0 Å². The molecule has 0 fully saturated rings. The first-order valence-electron chi connectivity index (χ1n) is 8.94. The third kappa shape index (κ3) is 3.87. The lowest BCUT2D eigenvalue weighted by Gasteiger charge is -2.22. The minimum atomic E-state index is 0.492. The molecule has 0 bridgehead atoms. The highest BCUT2D eigenvalue weighted by atomic mass is 79.9. The summed E-state index contributed by atoms with van der Waals surface area (Å²) in [5, 5.41) is 7.75. The van der Waals surface area contributed by atoms with E-state index in [4.69, 9.17) is 9.47 Å². The zero-order chi connectivity index (χ0) is 18.8. The molecule has 0 amide bonds. The highest BCUT2D eigenvalue weighted by molar-refractivity contribution is 9.10. The minimum absolute atomic E-state index is 0.492. The summed E-state index contributed by atoms with van der Waals surface area (Å²) in [5.74, 6) is 1.44. The topological polar surface area (TPSA) is 50.4 Å². The number of aromatic amines is 1. The lowest BCUT2D eigenvalue weighted by Crippen LogP contribution is -2.26. The predicted octanol–water partition coefficient (Wildman–Crippen LogP) is 4.41. The molecule has 2 heterocycles. The van der Waals surface area contributed by atoms with Crippen LogP contribution in [0.15, 0.2) is 46.9 Å². The Hall–Kier alpha value is -2.31. The van der Waals surface area contributed by atoms with E-state index in [-0.39, 0.29) is 0 Å². The van der Waals surface area contributed by atoms with E-state index < -0.39 is 0 Å². The van der Waals surface area contributed by atoms with Crippen molar-refractivity contribution >= 4 is 15.9 Å². The van der Waals surface area contributed by atoms with Crippen LogP contribution < -0.4 is 9.47 Å². The average molecular weight is 428 g/mol. The van der Waals surface area contributed by atoms with E-state index in [9.17, 15) is 0 Å². The second-order valence-electron chi connectivity index (χ2n) is 6.80. The molecule has 3 aromatic rings. The highest BCUT2D eigenvalue weighted by Gasteiger charge is 2.21. The number of likely N-dealkylation sites (N-methyl/N-ethyl adjacent to an activating group) is 1. The van der Waals surface area contributed by atoms with Crippen LogP contribution in [-0.2, 0) is 19.6 Å². The Morgan fingerprint density at radius 3 is 2.74 bits per heavy atom. The number of methoxy groups -OCH3 is 1. The molecule has 1 aromatic heterocycles. The summed E-state index contributed by atoms with van der Waals surface area (Å²) in [6, 6.07) is 14.1. The molecule has 0 atom stereocenters. The Kier molecular flexibility index (Phi) is 5.18. The summed E-state index contributed by atoms with van der Waals surface area (Å²) in [6.07, 6.45) is 1.00. The van der Waals surface area contributed by atoms with Gasteiger partial charge in [-0.15, -0.1) is 0 Å². The lowest BCUT2D eigenvalue weighted by molar-refractivity contribution is 0.284. The fourth-order valence-corrected chi connectivity index (χ4v) is 3.61. The summed E-state index contributed by atoms with van der Waals surface area (Å²) in [5.41, 5.74) is 5.64. The molecule has 1 aliphatic heterocycles. The van der Waals surface area contributed by atoms with Gasteiger partial charge in [-0.1, -0.05) is 28.1 Å². The van der Waals surface area contributed by atoms with Crippen LogP contribution in [0.3, 0.4) is 0 Å². The van der Waals surface area contributed by atoms with E-state index in [0.717, 1.165) is 46.6 Å². The van der Waals surface area contributed by atoms with E-state index in [1.807, 2.05) is 42.5 Å². The van der Waals surface area contributed by atoms with E-state index in [0.29, 0.717) is 12.4 Å². The number of H-pyrrole nitrogens is 1. The number of benzene rings is 2. The van der Waals surface area contributed by atoms with E-state index in [1.165, 1.54) is 11.3 Å². The van der Waals surface area contributed by atoms with Gasteiger partial charge < -0.3 is 14.4 Å². The van der Waals surface area contributed by atoms with Crippen molar-refractivity contribution in [2.24, 2.45) is 0 Å². The van der Waals surface area contributed by atoms with Crippen molar-refractivity contribution < 1.29 is 9.47 Å². The van der Waals surface area contributed by atoms with Crippen LogP contribution in [0.1, 0.15) is 16.8 Å². The number of rotatable bonds is 5. The van der Waals surface area contributed by atoms with Crippen LogP contribution in [0.5, 0.6) is 11.5 Å². The maximum atomic E-state index is 5.98. The molecule has 27 heavy (non-hydrogen) atoms. The summed E-state index contributed by atoms with van der Waals surface area (Å²) in [4.78, 5) is 2.31. The maximum absolute atomic E-state index is 5.98. The van der Waals surface area contributed by atoms with Crippen molar-refractivity contribution in [3.8, 4) is 22.8 Å². The van der Waals surface area contributed by atoms with Crippen LogP contribution in [0.4, 0.5) is 0 Å². The van der Waals surface area contributed by atoms with Crippen LogP contribution in [-0.4, -0.2) is 35.8 Å². The molecule has 0 spiro atoms. The Labute approximate surface area is 167 Å². The molecule has 5 nitrogen and oxygen atoms in total. The second kappa shape index (κ2) is 7.74. The van der Waals surface area contributed by atoms with Crippen LogP contribution >= 0.6 is 15.9 Å². The SMILES string of the molecule is COc1cc(-c2n[nH]c3c2CN(C)CC3)ccc1OCc1ccc(Br)cc1. The fraction of sp³-hybridized carbons (Fsp3) is 0.286. The standard InChI is InChI=1S/C21H22BrN3O2/c1-25-10-9-18-17(12-25)21(24-23-18)15-5-8-19(20(11-15)26-2)27-13-14-3-6-16(22)7-4-14/h3-8,11H,9-10,12-13H2,1-2H3,(H,23,24). The summed E-state index contributed by atoms with van der Waals surface area (Å²) in [6.45, 7) is 2.46. The molecular weight excluding hydrogens is 406 g/mol. The second-order valence-corrected chi connectivity index (χ2v) is 7.71. The Morgan fingerprint density at radius 2 is 1.96 bits per heavy atom. The largest absolute Gasteiger partial charge is 0.493 e. The van der Waals surface area contributed by atoms with Crippen LogP contribution in [0, 0.1) is 0 Å². The number of nitrogens with one attached hydrogen (secondary N) is 1. The van der Waals surface area contributed by atoms with Crippen molar-refractivity contribution in [2.75, 3.05) is 20.7 Å². The van der Waals surface area contributed by atoms with Gasteiger partial charge in [0.15, 0.2) is 11.5 Å². The lowest BCUT2D eigenvalue weighted by atomic mass is 10.0. The molecule has 1 aliphatic rings. The zero-order valence-corrected chi connectivity index (χ0v) is 17.0. The molecule has 0 radical (unpaired) electrons. The van der Waals surface area contributed by atoms with Crippen molar-refractivity contribution in [1.82, 2.24) is 15.1 Å². The van der Waals surface area contributed by atoms with Gasteiger partial charge in [0, 0.05) is 40.8 Å². The summed E-state index contributed by atoms with van der Waals surface area (Å²) < 4.78 is 12.6. The number of aromatic nitrogens is 2. The third-order valence-electron chi connectivity index (χ3n) is 4.87. The Morgan fingerprint density at radius 1 is 1.15 bits per heavy atom. The Balaban J connectivity index is 1.57. The van der Waals surface area contributed by atoms with Gasteiger partial charge in [-0.25, -0.2) is 0 Å². The van der Waals surface area contributed by atoms with Crippen LogP contribution in [0.2, 0.25) is 0 Å². The number of ether oxygens (including phenoxy) is 2. The summed E-state index contributed by atoms with van der Waals surface area (Å²) in [7, 11) is 3.80. The molecule has 2 aromatic carbocycles. The first kappa shape index (κ1) is 18.1. The summed E-state index contributed by atoms with van der Waals surface area (Å²) >= 11 is 3.45. The van der Waals surface area contributed by atoms with Crippen molar-refractivity contribution in [2.45, 2.75) is 19.6 Å². The molecule has 1 N–H and O–H groups in total. The van der Waals surface area contributed by atoms with Gasteiger partial charge in [-0.2, -0.15) is 5.10 Å². The number of nitrogens with zero attached hydrogens (tertiary/aromatic N) is 2. The Bertz CT molecular complexity index is 937. The predicted molar refractivity (Wildman–Crippen MR) is 109 cm³/mol. The molecule has 0 saturated heterocycles. The molecule has 0 aliphatic carbocycles. The number of halogens is 1. The van der Waals surface area contributed by atoms with Gasteiger partial charge >= 0.3 is 0 Å². The van der Waals surface area contributed by atoms with E-state index >= 15 is 0 Å². The molecule has 0 unspecified atom stereocenters. The van der Waals surface area contributed by atoms with Gasteiger partial charge in [0.05, 0.1) is 12.8 Å². The van der Waals surface area contributed by atoms with Crippen LogP contribution in [0.25, 0.3) is 11.3 Å². The molecule has 6 heteroatoms.